The van der Waals surface area contributed by atoms with Gasteiger partial charge in [0.05, 0.1) is 5.56 Å². The molecule has 0 bridgehead atoms. The summed E-state index contributed by atoms with van der Waals surface area (Å²) < 4.78 is 17.0. The number of ether oxygens (including phenoxy) is 3. The van der Waals surface area contributed by atoms with E-state index in [4.69, 9.17) is 14.2 Å². The molecule has 0 fully saturated rings. The number of allylic oxidation sites excluding steroid dienone is 2. The van der Waals surface area contributed by atoms with E-state index in [1.165, 1.54) is 32.1 Å². The number of carbonyl (C=O) groups is 5. The van der Waals surface area contributed by atoms with Crippen molar-refractivity contribution in [2.24, 2.45) is 5.41 Å². The van der Waals surface area contributed by atoms with Crippen molar-refractivity contribution in [2.75, 3.05) is 0 Å². The summed E-state index contributed by atoms with van der Waals surface area (Å²) in [7, 11) is 0. The molecule has 50 heavy (non-hydrogen) atoms. The second-order valence-electron chi connectivity index (χ2n) is 12.9. The quantitative estimate of drug-likeness (QED) is 0.171. The number of aromatic carboxylic acids is 1. The Bertz CT molecular complexity index is 2060. The van der Waals surface area contributed by atoms with Crippen LogP contribution in [0.25, 0.3) is 0 Å². The van der Waals surface area contributed by atoms with Gasteiger partial charge in [0, 0.05) is 11.6 Å². The lowest BCUT2D eigenvalue weighted by Crippen LogP contribution is -2.36. The molecule has 3 aromatic rings. The van der Waals surface area contributed by atoms with E-state index in [1.54, 1.807) is 62.3 Å². The highest BCUT2D eigenvalue weighted by Gasteiger charge is 2.42. The number of aromatic hydroxyl groups is 2. The van der Waals surface area contributed by atoms with Gasteiger partial charge in [-0.25, -0.2) is 14.4 Å². The maximum absolute atomic E-state index is 13.5. The molecule has 0 aliphatic heterocycles. The van der Waals surface area contributed by atoms with E-state index in [0.717, 1.165) is 6.07 Å². The van der Waals surface area contributed by atoms with Crippen LogP contribution >= 0.6 is 0 Å². The molecule has 1 aliphatic rings. The molecule has 0 heterocycles. The maximum Gasteiger partial charge on any atom is 0.347 e. The standard InChI is InChI=1S/C39H40O11/c1-16-12-28(25(10)33(42)30(16)36(45)50-34-23(8)21(6)31(35(43)44)22(7)24(34)9)48-37(46)32-20(5)19(4)29(15-27(32)41)49-38(47)39(11)17(2)13-26(40)14-18(39)3/h12-15,41-42H,1-11H3,(H,43,44). The van der Waals surface area contributed by atoms with Gasteiger partial charge in [-0.3, -0.25) is 9.59 Å². The summed E-state index contributed by atoms with van der Waals surface area (Å²) >= 11 is 0. The number of hydrogen-bond donors (Lipinski definition) is 3. The Labute approximate surface area is 289 Å². The maximum atomic E-state index is 13.5. The van der Waals surface area contributed by atoms with Gasteiger partial charge >= 0.3 is 23.9 Å². The number of carboxylic acid groups (broad SMARTS) is 1. The summed E-state index contributed by atoms with van der Waals surface area (Å²) in [5, 5.41) is 31.7. The zero-order valence-corrected chi connectivity index (χ0v) is 29.9. The number of phenolic OH excluding ortho intramolecular Hbond substituents is 2. The fourth-order valence-electron chi connectivity index (χ4n) is 6.10. The Kier molecular flexibility index (Phi) is 9.87. The molecule has 0 saturated heterocycles. The predicted molar refractivity (Wildman–Crippen MR) is 184 cm³/mol. The number of carbonyl (C=O) groups excluding carboxylic acids is 4. The zero-order chi connectivity index (χ0) is 37.7. The summed E-state index contributed by atoms with van der Waals surface area (Å²) in [4.78, 5) is 64.0. The van der Waals surface area contributed by atoms with Gasteiger partial charge in [0.25, 0.3) is 0 Å². The van der Waals surface area contributed by atoms with E-state index in [0.29, 0.717) is 39.0 Å². The van der Waals surface area contributed by atoms with Gasteiger partial charge in [0.15, 0.2) is 5.78 Å². The molecular weight excluding hydrogens is 644 g/mol. The molecule has 0 atom stereocenters. The van der Waals surface area contributed by atoms with Crippen LogP contribution in [0.2, 0.25) is 0 Å². The van der Waals surface area contributed by atoms with Crippen LogP contribution in [0.15, 0.2) is 35.4 Å². The Balaban J connectivity index is 1.63. The molecule has 0 saturated carbocycles. The van der Waals surface area contributed by atoms with Crippen molar-refractivity contribution in [1.29, 1.82) is 0 Å². The number of ketones is 1. The van der Waals surface area contributed by atoms with Gasteiger partial charge in [-0.2, -0.15) is 0 Å². The van der Waals surface area contributed by atoms with E-state index in [2.05, 4.69) is 0 Å². The van der Waals surface area contributed by atoms with Gasteiger partial charge in [0.2, 0.25) is 0 Å². The number of rotatable bonds is 7. The van der Waals surface area contributed by atoms with Crippen LogP contribution in [0.3, 0.4) is 0 Å². The van der Waals surface area contributed by atoms with Crippen molar-refractivity contribution >= 4 is 29.7 Å². The minimum absolute atomic E-state index is 0.0151. The second-order valence-corrected chi connectivity index (χ2v) is 12.9. The Morgan fingerprint density at radius 2 is 1.08 bits per heavy atom. The molecule has 11 nitrogen and oxygen atoms in total. The molecule has 0 unspecified atom stereocenters. The largest absolute Gasteiger partial charge is 0.507 e. The van der Waals surface area contributed by atoms with Crippen LogP contribution in [0.1, 0.15) is 96.4 Å². The van der Waals surface area contributed by atoms with Gasteiger partial charge in [0.1, 0.15) is 45.3 Å². The fourth-order valence-corrected chi connectivity index (χ4v) is 6.10. The minimum atomic E-state index is -1.21. The lowest BCUT2D eigenvalue weighted by Gasteiger charge is -2.31. The number of phenols is 2. The second kappa shape index (κ2) is 13.3. The Morgan fingerprint density at radius 3 is 1.60 bits per heavy atom. The Morgan fingerprint density at radius 1 is 0.600 bits per heavy atom. The van der Waals surface area contributed by atoms with Crippen molar-refractivity contribution < 1.29 is 53.5 Å². The molecule has 11 heteroatoms. The van der Waals surface area contributed by atoms with Gasteiger partial charge in [-0.1, -0.05) is 0 Å². The lowest BCUT2D eigenvalue weighted by atomic mass is 9.73. The summed E-state index contributed by atoms with van der Waals surface area (Å²) in [5.41, 5.74) is 2.26. The first-order valence-corrected chi connectivity index (χ1v) is 15.7. The highest BCUT2D eigenvalue weighted by atomic mass is 16.5. The predicted octanol–water partition coefficient (Wildman–Crippen LogP) is 7.09. The van der Waals surface area contributed by atoms with E-state index >= 15 is 0 Å². The summed E-state index contributed by atoms with van der Waals surface area (Å²) in [6, 6.07) is 2.52. The van der Waals surface area contributed by atoms with Gasteiger partial charge in [-0.15, -0.1) is 0 Å². The minimum Gasteiger partial charge on any atom is -0.507 e. The Hall–Kier alpha value is -5.71. The van der Waals surface area contributed by atoms with Gasteiger partial charge < -0.3 is 29.5 Å². The van der Waals surface area contributed by atoms with E-state index in [1.807, 2.05) is 0 Å². The lowest BCUT2D eigenvalue weighted by molar-refractivity contribution is -0.141. The van der Waals surface area contributed by atoms with Crippen LogP contribution < -0.4 is 14.2 Å². The number of esters is 3. The first-order chi connectivity index (χ1) is 23.1. The molecule has 1 aliphatic carbocycles. The monoisotopic (exact) mass is 684 g/mol. The summed E-state index contributed by atoms with van der Waals surface area (Å²) in [5.74, 6) is -4.76. The smallest absolute Gasteiger partial charge is 0.347 e. The molecule has 262 valence electrons. The normalized spacial score (nSPS) is 13.7. The van der Waals surface area contributed by atoms with E-state index in [-0.39, 0.29) is 56.4 Å². The number of hydrogen-bond acceptors (Lipinski definition) is 10. The highest BCUT2D eigenvalue weighted by Crippen LogP contribution is 2.42. The molecule has 3 N–H and O–H groups in total. The van der Waals surface area contributed by atoms with Crippen molar-refractivity contribution in [3.8, 4) is 28.7 Å². The average molecular weight is 685 g/mol. The van der Waals surface area contributed by atoms with Crippen LogP contribution in [0, 0.1) is 60.8 Å². The summed E-state index contributed by atoms with van der Waals surface area (Å²) in [6.07, 6.45) is 2.73. The van der Waals surface area contributed by atoms with Crippen LogP contribution in [0.5, 0.6) is 28.7 Å². The first-order valence-electron chi connectivity index (χ1n) is 15.7. The topological polar surface area (TPSA) is 174 Å². The third kappa shape index (κ3) is 6.15. The third-order valence-corrected chi connectivity index (χ3v) is 10.0. The van der Waals surface area contributed by atoms with E-state index < -0.39 is 40.8 Å². The molecule has 3 aromatic carbocycles. The highest BCUT2D eigenvalue weighted by molar-refractivity contribution is 6.05. The average Bonchev–Trinajstić information content (AvgIpc) is 3.01. The SMILES string of the molecule is CC1=CC(=O)C=C(C)C1(C)C(=O)Oc1cc(O)c(C(=O)Oc2cc(C)c(C(=O)Oc3c(C)c(C)c(C(=O)O)c(C)c3C)c(O)c2C)c(C)c1C. The van der Waals surface area contributed by atoms with Crippen molar-refractivity contribution in [1.82, 2.24) is 0 Å². The molecule has 0 spiro atoms. The van der Waals surface area contributed by atoms with Crippen LogP contribution in [-0.2, 0) is 9.59 Å². The molecule has 0 aromatic heterocycles. The number of carboxylic acids is 1. The fraction of sp³-hybridized carbons (Fsp3) is 0.308. The van der Waals surface area contributed by atoms with Crippen molar-refractivity contribution in [2.45, 2.75) is 76.2 Å². The van der Waals surface area contributed by atoms with E-state index in [9.17, 15) is 39.3 Å². The molecular formula is C39H40O11. The molecule has 0 amide bonds. The van der Waals surface area contributed by atoms with Crippen LogP contribution in [-0.4, -0.2) is 45.0 Å². The molecule has 0 radical (unpaired) electrons. The number of benzene rings is 3. The van der Waals surface area contributed by atoms with Crippen LogP contribution in [0.4, 0.5) is 0 Å². The zero-order valence-electron chi connectivity index (χ0n) is 29.9. The molecule has 4 rings (SSSR count). The number of aryl methyl sites for hydroxylation is 1. The first kappa shape index (κ1) is 37.1. The summed E-state index contributed by atoms with van der Waals surface area (Å²) in [6.45, 7) is 17.6. The van der Waals surface area contributed by atoms with Crippen molar-refractivity contribution in [3.05, 3.63) is 96.6 Å². The van der Waals surface area contributed by atoms with Crippen molar-refractivity contribution in [3.63, 3.8) is 0 Å². The van der Waals surface area contributed by atoms with Gasteiger partial charge in [-0.05, 0) is 144 Å². The third-order valence-electron chi connectivity index (χ3n) is 10.0.